The minimum Gasteiger partial charge on any atom is -0.481 e. The van der Waals surface area contributed by atoms with E-state index in [1.165, 1.54) is 0 Å². The number of unbranched alkanes of at least 4 members (excludes halogenated alkanes) is 2. The van der Waals surface area contributed by atoms with Crippen molar-refractivity contribution in [3.8, 4) is 0 Å². The summed E-state index contributed by atoms with van der Waals surface area (Å²) in [6.45, 7) is 4.22. The van der Waals surface area contributed by atoms with Crippen LogP contribution in [0.2, 0.25) is 0 Å². The van der Waals surface area contributed by atoms with Gasteiger partial charge in [-0.15, -0.1) is 0 Å². The Balaban J connectivity index is 1.64. The standard InChI is InChI=1S/C17H26N2O3/c1-11(2)18-12-8-9-13-14(10-12)17(13)19-15(20)6-4-3-5-7-16(21)22/h8-11,13-14,17-18H,3-7H2,1-2H3,(H,19,20)(H,21,22). The number of allylic oxidation sites excluding steroid dienone is 1. The van der Waals surface area contributed by atoms with Gasteiger partial charge in [-0.2, -0.15) is 0 Å². The molecule has 0 saturated heterocycles. The average molecular weight is 306 g/mol. The van der Waals surface area contributed by atoms with Gasteiger partial charge in [0.25, 0.3) is 0 Å². The van der Waals surface area contributed by atoms with Crippen LogP contribution in [0.3, 0.4) is 0 Å². The predicted octanol–water partition coefficient (Wildman–Crippen LogP) is 2.20. The molecule has 2 aliphatic rings. The fraction of sp³-hybridized carbons (Fsp3) is 0.647. The number of amides is 1. The van der Waals surface area contributed by atoms with Crippen LogP contribution < -0.4 is 10.6 Å². The van der Waals surface area contributed by atoms with Gasteiger partial charge >= 0.3 is 5.97 Å². The molecule has 5 nitrogen and oxygen atoms in total. The number of carboxylic acid groups (broad SMARTS) is 1. The molecule has 3 atom stereocenters. The summed E-state index contributed by atoms with van der Waals surface area (Å²) in [5.74, 6) is 0.168. The number of fused-ring (bicyclic) bond motifs is 1. The van der Waals surface area contributed by atoms with E-state index in [2.05, 4.69) is 42.7 Å². The molecular weight excluding hydrogens is 280 g/mol. The summed E-state index contributed by atoms with van der Waals surface area (Å²) < 4.78 is 0. The molecule has 2 rings (SSSR count). The first kappa shape index (κ1) is 16.6. The van der Waals surface area contributed by atoms with Crippen LogP contribution in [-0.2, 0) is 9.59 Å². The Kier molecular flexibility index (Phi) is 5.63. The number of hydrogen-bond donors (Lipinski definition) is 3. The largest absolute Gasteiger partial charge is 0.481 e. The van der Waals surface area contributed by atoms with Gasteiger partial charge in [0.2, 0.25) is 5.91 Å². The number of nitrogens with one attached hydrogen (secondary N) is 2. The van der Waals surface area contributed by atoms with Crippen LogP contribution in [0.25, 0.3) is 0 Å². The Morgan fingerprint density at radius 1 is 1.18 bits per heavy atom. The van der Waals surface area contributed by atoms with E-state index in [0.29, 0.717) is 30.7 Å². The third-order valence-electron chi connectivity index (χ3n) is 4.08. The maximum absolute atomic E-state index is 11.9. The Labute approximate surface area is 131 Å². The van der Waals surface area contributed by atoms with Crippen LogP contribution in [0.4, 0.5) is 0 Å². The van der Waals surface area contributed by atoms with Crippen LogP contribution in [0.1, 0.15) is 46.0 Å². The predicted molar refractivity (Wildman–Crippen MR) is 85.1 cm³/mol. The Morgan fingerprint density at radius 3 is 2.59 bits per heavy atom. The molecule has 0 aromatic carbocycles. The van der Waals surface area contributed by atoms with Gasteiger partial charge in [0.1, 0.15) is 0 Å². The lowest BCUT2D eigenvalue weighted by atomic mass is 10.1. The molecular formula is C17H26N2O3. The molecule has 1 amide bonds. The third-order valence-corrected chi connectivity index (χ3v) is 4.08. The monoisotopic (exact) mass is 306 g/mol. The summed E-state index contributed by atoms with van der Waals surface area (Å²) in [6, 6.07) is 0.638. The summed E-state index contributed by atoms with van der Waals surface area (Å²) in [4.78, 5) is 22.3. The molecule has 0 bridgehead atoms. The highest BCUT2D eigenvalue weighted by atomic mass is 16.4. The van der Waals surface area contributed by atoms with Crippen molar-refractivity contribution in [2.24, 2.45) is 11.8 Å². The van der Waals surface area contributed by atoms with E-state index in [0.717, 1.165) is 18.5 Å². The van der Waals surface area contributed by atoms with Gasteiger partial charge in [-0.05, 0) is 32.8 Å². The summed E-state index contributed by atoms with van der Waals surface area (Å²) >= 11 is 0. The molecule has 3 N–H and O–H groups in total. The first-order valence-electron chi connectivity index (χ1n) is 8.15. The molecule has 0 radical (unpaired) electrons. The van der Waals surface area contributed by atoms with Crippen LogP contribution in [-0.4, -0.2) is 29.1 Å². The lowest BCUT2D eigenvalue weighted by Gasteiger charge is -2.12. The van der Waals surface area contributed by atoms with Gasteiger partial charge in [-0.25, -0.2) is 0 Å². The van der Waals surface area contributed by atoms with Gasteiger partial charge in [0.15, 0.2) is 0 Å². The first-order chi connectivity index (χ1) is 10.5. The molecule has 1 fully saturated rings. The molecule has 0 aliphatic heterocycles. The lowest BCUT2D eigenvalue weighted by molar-refractivity contribution is -0.137. The van der Waals surface area contributed by atoms with Gasteiger partial charge in [0, 0.05) is 42.5 Å². The highest BCUT2D eigenvalue weighted by Gasteiger charge is 2.49. The molecule has 122 valence electrons. The van der Waals surface area contributed by atoms with Crippen molar-refractivity contribution in [2.75, 3.05) is 0 Å². The molecule has 0 aromatic rings. The highest BCUT2D eigenvalue weighted by Crippen LogP contribution is 2.44. The molecule has 1 saturated carbocycles. The van der Waals surface area contributed by atoms with E-state index < -0.39 is 5.97 Å². The normalized spacial score (nSPS) is 25.4. The zero-order chi connectivity index (χ0) is 16.1. The number of aliphatic carboxylic acids is 1. The minimum absolute atomic E-state index is 0.0786. The zero-order valence-electron chi connectivity index (χ0n) is 13.3. The highest BCUT2D eigenvalue weighted by molar-refractivity contribution is 5.77. The van der Waals surface area contributed by atoms with Gasteiger partial charge in [-0.1, -0.05) is 18.6 Å². The van der Waals surface area contributed by atoms with Crippen LogP contribution in [0, 0.1) is 11.8 Å². The van der Waals surface area contributed by atoms with Crippen LogP contribution >= 0.6 is 0 Å². The second-order valence-corrected chi connectivity index (χ2v) is 6.48. The van der Waals surface area contributed by atoms with E-state index in [1.54, 1.807) is 0 Å². The number of carbonyl (C=O) groups excluding carboxylic acids is 1. The quantitative estimate of drug-likeness (QED) is 0.571. The molecule has 5 heteroatoms. The van der Waals surface area contributed by atoms with Crippen molar-refractivity contribution in [2.45, 2.75) is 58.0 Å². The fourth-order valence-corrected chi connectivity index (χ4v) is 2.92. The number of carbonyl (C=O) groups is 2. The van der Waals surface area contributed by atoms with Crippen molar-refractivity contribution in [1.29, 1.82) is 0 Å². The second kappa shape index (κ2) is 7.47. The topological polar surface area (TPSA) is 78.4 Å². The minimum atomic E-state index is -0.768. The lowest BCUT2D eigenvalue weighted by Crippen LogP contribution is -2.27. The fourth-order valence-electron chi connectivity index (χ4n) is 2.92. The van der Waals surface area contributed by atoms with Crippen molar-refractivity contribution >= 4 is 11.9 Å². The zero-order valence-corrected chi connectivity index (χ0v) is 13.3. The molecule has 0 aromatic heterocycles. The Hall–Kier alpha value is -1.78. The molecule has 0 spiro atoms. The average Bonchev–Trinajstić information content (AvgIpc) is 3.09. The van der Waals surface area contributed by atoms with E-state index in [4.69, 9.17) is 5.11 Å². The van der Waals surface area contributed by atoms with E-state index in [-0.39, 0.29) is 18.4 Å². The first-order valence-corrected chi connectivity index (χ1v) is 8.15. The number of carboxylic acids is 1. The second-order valence-electron chi connectivity index (χ2n) is 6.48. The third kappa shape index (κ3) is 4.90. The maximum atomic E-state index is 11.9. The summed E-state index contributed by atoms with van der Waals surface area (Å²) in [5.41, 5.74) is 1.14. The maximum Gasteiger partial charge on any atom is 0.303 e. The Bertz CT molecular complexity index is 482. The van der Waals surface area contributed by atoms with E-state index in [9.17, 15) is 9.59 Å². The van der Waals surface area contributed by atoms with Gasteiger partial charge in [-0.3, -0.25) is 9.59 Å². The van der Waals surface area contributed by atoms with Crippen LogP contribution in [0.5, 0.6) is 0 Å². The summed E-state index contributed by atoms with van der Waals surface area (Å²) in [5, 5.41) is 15.0. The van der Waals surface area contributed by atoms with Gasteiger partial charge < -0.3 is 15.7 Å². The van der Waals surface area contributed by atoms with Crippen molar-refractivity contribution < 1.29 is 14.7 Å². The smallest absolute Gasteiger partial charge is 0.303 e. The SMILES string of the molecule is CC(C)NC1=CC2C(C=C1)C2NC(=O)CCCCCC(=O)O. The Morgan fingerprint density at radius 2 is 1.91 bits per heavy atom. The molecule has 0 heterocycles. The number of rotatable bonds is 9. The van der Waals surface area contributed by atoms with Crippen molar-refractivity contribution in [1.82, 2.24) is 10.6 Å². The summed E-state index contributed by atoms with van der Waals surface area (Å²) in [7, 11) is 0. The molecule has 22 heavy (non-hydrogen) atoms. The van der Waals surface area contributed by atoms with E-state index in [1.807, 2.05) is 0 Å². The molecule has 2 aliphatic carbocycles. The number of hydrogen-bond acceptors (Lipinski definition) is 3. The van der Waals surface area contributed by atoms with Crippen molar-refractivity contribution in [3.05, 3.63) is 23.9 Å². The summed E-state index contributed by atoms with van der Waals surface area (Å²) in [6.07, 6.45) is 9.35. The van der Waals surface area contributed by atoms with Crippen LogP contribution in [0.15, 0.2) is 23.9 Å². The molecule has 3 unspecified atom stereocenters. The van der Waals surface area contributed by atoms with E-state index >= 15 is 0 Å². The van der Waals surface area contributed by atoms with Crippen molar-refractivity contribution in [3.63, 3.8) is 0 Å². The van der Waals surface area contributed by atoms with Gasteiger partial charge in [0.05, 0.1) is 0 Å².